The van der Waals surface area contributed by atoms with Gasteiger partial charge in [0.2, 0.25) is 0 Å². The number of anilines is 2. The number of hydrogen-bond acceptors (Lipinski definition) is 5. The fourth-order valence-corrected chi connectivity index (χ4v) is 4.01. The molecular formula is C22H20N2O5S. The molecule has 3 rings (SSSR count). The van der Waals surface area contributed by atoms with Gasteiger partial charge in [-0.05, 0) is 48.9 Å². The van der Waals surface area contributed by atoms with E-state index in [1.807, 2.05) is 0 Å². The molecule has 0 atom stereocenters. The van der Waals surface area contributed by atoms with Crippen molar-refractivity contribution in [1.82, 2.24) is 0 Å². The smallest absolute Gasteiger partial charge is 0.339 e. The van der Waals surface area contributed by atoms with Gasteiger partial charge in [0.15, 0.2) is 0 Å². The number of amides is 1. The SMILES string of the molecule is COC(=O)c1ccccc1NC(=O)c1cccc(NS(=O)(=O)c2ccccc2)c1C. The second-order valence-electron chi connectivity index (χ2n) is 6.39. The molecule has 0 aliphatic rings. The van der Waals surface area contributed by atoms with E-state index in [-0.39, 0.29) is 21.7 Å². The quantitative estimate of drug-likeness (QED) is 0.586. The Kier molecular flexibility index (Phi) is 6.17. The predicted molar refractivity (Wildman–Crippen MR) is 114 cm³/mol. The first-order valence-electron chi connectivity index (χ1n) is 8.99. The van der Waals surface area contributed by atoms with Crippen LogP contribution in [0.15, 0.2) is 77.7 Å². The van der Waals surface area contributed by atoms with Crippen molar-refractivity contribution in [3.8, 4) is 0 Å². The van der Waals surface area contributed by atoms with Crippen LogP contribution in [0, 0.1) is 6.92 Å². The molecule has 3 aromatic carbocycles. The van der Waals surface area contributed by atoms with Crippen molar-refractivity contribution >= 4 is 33.3 Å². The van der Waals surface area contributed by atoms with Gasteiger partial charge in [-0.3, -0.25) is 9.52 Å². The Morgan fingerprint density at radius 3 is 2.10 bits per heavy atom. The number of methoxy groups -OCH3 is 1. The molecule has 0 aromatic heterocycles. The van der Waals surface area contributed by atoms with Crippen LogP contribution in [0.4, 0.5) is 11.4 Å². The van der Waals surface area contributed by atoms with Crippen LogP contribution in [0.1, 0.15) is 26.3 Å². The van der Waals surface area contributed by atoms with E-state index in [1.165, 1.54) is 19.2 Å². The summed E-state index contributed by atoms with van der Waals surface area (Å²) in [5.41, 5.74) is 1.51. The Balaban J connectivity index is 1.89. The van der Waals surface area contributed by atoms with Gasteiger partial charge in [-0.2, -0.15) is 0 Å². The minimum atomic E-state index is -3.80. The molecule has 1 amide bonds. The predicted octanol–water partition coefficient (Wildman–Crippen LogP) is 3.83. The van der Waals surface area contributed by atoms with Crippen LogP contribution in [0.5, 0.6) is 0 Å². The highest BCUT2D eigenvalue weighted by atomic mass is 32.2. The van der Waals surface area contributed by atoms with E-state index in [2.05, 4.69) is 10.0 Å². The molecule has 0 saturated carbocycles. The summed E-state index contributed by atoms with van der Waals surface area (Å²) in [6, 6.07) is 19.1. The lowest BCUT2D eigenvalue weighted by atomic mass is 10.1. The fraction of sp³-hybridized carbons (Fsp3) is 0.0909. The van der Waals surface area contributed by atoms with Crippen LogP contribution in [0.25, 0.3) is 0 Å². The first kappa shape index (κ1) is 21.1. The van der Waals surface area contributed by atoms with Crippen LogP contribution in [0.2, 0.25) is 0 Å². The van der Waals surface area contributed by atoms with E-state index in [1.54, 1.807) is 67.6 Å². The summed E-state index contributed by atoms with van der Waals surface area (Å²) in [6.07, 6.45) is 0. The molecule has 0 saturated heterocycles. The molecule has 154 valence electrons. The topological polar surface area (TPSA) is 102 Å². The maximum absolute atomic E-state index is 12.8. The number of esters is 1. The Hall–Kier alpha value is -3.65. The van der Waals surface area contributed by atoms with Crippen LogP contribution in [-0.4, -0.2) is 27.4 Å². The van der Waals surface area contributed by atoms with Gasteiger partial charge >= 0.3 is 5.97 Å². The van der Waals surface area contributed by atoms with Crippen molar-refractivity contribution in [3.05, 3.63) is 89.5 Å². The average molecular weight is 424 g/mol. The summed E-state index contributed by atoms with van der Waals surface area (Å²) in [6.45, 7) is 1.64. The van der Waals surface area contributed by atoms with Gasteiger partial charge in [0.1, 0.15) is 0 Å². The van der Waals surface area contributed by atoms with Gasteiger partial charge in [-0.15, -0.1) is 0 Å². The third kappa shape index (κ3) is 4.49. The van der Waals surface area contributed by atoms with Gasteiger partial charge in [0.05, 0.1) is 28.9 Å². The summed E-state index contributed by atoms with van der Waals surface area (Å²) in [4.78, 5) is 24.9. The zero-order valence-corrected chi connectivity index (χ0v) is 17.2. The maximum Gasteiger partial charge on any atom is 0.339 e. The van der Waals surface area contributed by atoms with Crippen molar-refractivity contribution < 1.29 is 22.7 Å². The monoisotopic (exact) mass is 424 g/mol. The lowest BCUT2D eigenvalue weighted by Crippen LogP contribution is -2.18. The molecular weight excluding hydrogens is 404 g/mol. The molecule has 8 heteroatoms. The fourth-order valence-electron chi connectivity index (χ4n) is 2.87. The number of nitrogens with one attached hydrogen (secondary N) is 2. The third-order valence-electron chi connectivity index (χ3n) is 4.46. The zero-order valence-electron chi connectivity index (χ0n) is 16.4. The summed E-state index contributed by atoms with van der Waals surface area (Å²) < 4.78 is 32.5. The summed E-state index contributed by atoms with van der Waals surface area (Å²) in [5, 5.41) is 2.69. The number of sulfonamides is 1. The van der Waals surface area contributed by atoms with Crippen LogP contribution in [-0.2, 0) is 14.8 Å². The molecule has 0 bridgehead atoms. The maximum atomic E-state index is 12.8. The average Bonchev–Trinajstić information content (AvgIpc) is 2.75. The molecule has 0 aliphatic carbocycles. The lowest BCUT2D eigenvalue weighted by molar-refractivity contribution is 0.0602. The highest BCUT2D eigenvalue weighted by Crippen LogP contribution is 2.24. The minimum Gasteiger partial charge on any atom is -0.465 e. The van der Waals surface area contributed by atoms with E-state index < -0.39 is 21.9 Å². The molecule has 0 radical (unpaired) electrons. The van der Waals surface area contributed by atoms with Gasteiger partial charge in [-0.1, -0.05) is 36.4 Å². The van der Waals surface area contributed by atoms with Crippen molar-refractivity contribution in [3.63, 3.8) is 0 Å². The number of benzene rings is 3. The van der Waals surface area contributed by atoms with Gasteiger partial charge in [0, 0.05) is 5.56 Å². The van der Waals surface area contributed by atoms with E-state index in [9.17, 15) is 18.0 Å². The molecule has 2 N–H and O–H groups in total. The summed E-state index contributed by atoms with van der Waals surface area (Å²) in [5.74, 6) is -1.06. The van der Waals surface area contributed by atoms with Gasteiger partial charge in [-0.25, -0.2) is 13.2 Å². The van der Waals surface area contributed by atoms with Gasteiger partial charge < -0.3 is 10.1 Å². The van der Waals surface area contributed by atoms with Crippen LogP contribution in [0.3, 0.4) is 0 Å². The number of hydrogen-bond donors (Lipinski definition) is 2. The number of ether oxygens (including phenoxy) is 1. The molecule has 7 nitrogen and oxygen atoms in total. The highest BCUT2D eigenvalue weighted by molar-refractivity contribution is 7.92. The van der Waals surface area contributed by atoms with Crippen LogP contribution >= 0.6 is 0 Å². The lowest BCUT2D eigenvalue weighted by Gasteiger charge is -2.15. The van der Waals surface area contributed by atoms with Crippen molar-refractivity contribution in [2.45, 2.75) is 11.8 Å². The molecule has 0 heterocycles. The van der Waals surface area contributed by atoms with Crippen LogP contribution < -0.4 is 10.0 Å². The van der Waals surface area contributed by atoms with E-state index >= 15 is 0 Å². The Bertz CT molecular complexity index is 1190. The highest BCUT2D eigenvalue weighted by Gasteiger charge is 2.19. The summed E-state index contributed by atoms with van der Waals surface area (Å²) in [7, 11) is -2.54. The third-order valence-corrected chi connectivity index (χ3v) is 5.84. The normalized spacial score (nSPS) is 10.9. The van der Waals surface area contributed by atoms with Crippen molar-refractivity contribution in [2.75, 3.05) is 17.1 Å². The Labute approximate surface area is 174 Å². The number of rotatable bonds is 6. The molecule has 3 aromatic rings. The van der Waals surface area contributed by atoms with E-state index in [4.69, 9.17) is 4.74 Å². The molecule has 30 heavy (non-hydrogen) atoms. The molecule has 0 fully saturated rings. The van der Waals surface area contributed by atoms with Gasteiger partial charge in [0.25, 0.3) is 15.9 Å². The first-order valence-corrected chi connectivity index (χ1v) is 10.5. The summed E-state index contributed by atoms with van der Waals surface area (Å²) >= 11 is 0. The van der Waals surface area contributed by atoms with E-state index in [0.717, 1.165) is 0 Å². The Morgan fingerprint density at radius 2 is 1.40 bits per heavy atom. The number of carbonyl (C=O) groups excluding carboxylic acids is 2. The molecule has 0 spiro atoms. The van der Waals surface area contributed by atoms with Crippen molar-refractivity contribution in [1.29, 1.82) is 0 Å². The number of para-hydroxylation sites is 1. The minimum absolute atomic E-state index is 0.117. The van der Waals surface area contributed by atoms with Crippen molar-refractivity contribution in [2.24, 2.45) is 0 Å². The largest absolute Gasteiger partial charge is 0.465 e. The van der Waals surface area contributed by atoms with E-state index in [0.29, 0.717) is 11.3 Å². The second-order valence-corrected chi connectivity index (χ2v) is 8.07. The molecule has 0 aliphatic heterocycles. The first-order chi connectivity index (χ1) is 14.3. The number of carbonyl (C=O) groups is 2. The molecule has 0 unspecified atom stereocenters. The Morgan fingerprint density at radius 1 is 0.800 bits per heavy atom. The second kappa shape index (κ2) is 8.79. The zero-order chi connectivity index (χ0) is 21.7. The standard InChI is InChI=1S/C22H20N2O5S/c1-15-17(21(25)23-20-13-7-6-11-18(20)22(26)29-2)12-8-14-19(15)24-30(27,28)16-9-4-3-5-10-16/h3-14,24H,1-2H3,(H,23,25).